The number of ether oxygens (including phenoxy) is 2. The van der Waals surface area contributed by atoms with Crippen molar-refractivity contribution in [3.8, 4) is 0 Å². The zero-order valence-electron chi connectivity index (χ0n) is 36.9. The average molecular weight is 917 g/mol. The molecule has 4 aliphatic rings. The van der Waals surface area contributed by atoms with Crippen LogP contribution in [0.15, 0.2) is 22.0 Å². The Balaban J connectivity index is 0.000000252. The zero-order valence-corrected chi connectivity index (χ0v) is 39.4. The number of sulfonamides is 2. The SMILES string of the molecule is CC[C@]12CS(=O)(=O)N(C)[C@@H](C1O)[C@H](n1cc(C)c(NC)nc1=O)O2.[C-]#[N+]CCOP(OC1[C@H]2[C@H](n3cc(C)c(NC)nc3=O)O[C@@]1(CC)CS(=O)(=O)N2C)N(C(C)C)C(C)C. The van der Waals surface area contributed by atoms with Crippen LogP contribution in [0.1, 0.15) is 78.0 Å². The second-order valence-corrected chi connectivity index (χ2v) is 21.8. The van der Waals surface area contributed by atoms with Gasteiger partial charge in [-0.25, -0.2) is 37.7 Å². The maximum absolute atomic E-state index is 13.2. The first-order valence-corrected chi connectivity index (χ1v) is 24.6. The molecule has 4 bridgehead atoms. The molecule has 0 aliphatic carbocycles. The first-order chi connectivity index (χ1) is 28.5. The molecule has 2 aromatic heterocycles. The van der Waals surface area contributed by atoms with Crippen molar-refractivity contribution in [1.82, 2.24) is 32.4 Å². The van der Waals surface area contributed by atoms with E-state index in [1.54, 1.807) is 40.3 Å². The number of nitrogens with zero attached hydrogens (tertiary/aromatic N) is 8. The van der Waals surface area contributed by atoms with Crippen molar-refractivity contribution in [2.24, 2.45) is 0 Å². The minimum atomic E-state index is -3.69. The summed E-state index contributed by atoms with van der Waals surface area (Å²) in [5, 5.41) is 16.4. The number of hydrogen-bond acceptors (Lipinski definition) is 16. The molecular formula is C37H61N10O11PS2. The van der Waals surface area contributed by atoms with Gasteiger partial charge in [-0.1, -0.05) is 13.8 Å². The van der Waals surface area contributed by atoms with E-state index in [4.69, 9.17) is 25.1 Å². The van der Waals surface area contributed by atoms with Gasteiger partial charge in [-0.05, 0) is 54.4 Å². The lowest BCUT2D eigenvalue weighted by Gasteiger charge is -2.44. The smallest absolute Gasteiger partial charge is 0.351 e. The Hall–Kier alpha value is -3.14. The van der Waals surface area contributed by atoms with Crippen molar-refractivity contribution in [3.63, 3.8) is 0 Å². The van der Waals surface area contributed by atoms with E-state index in [0.717, 1.165) is 9.87 Å². The normalized spacial score (nSPS) is 30.9. The third-order valence-electron chi connectivity index (χ3n) is 11.9. The summed E-state index contributed by atoms with van der Waals surface area (Å²) in [6.45, 7) is 22.9. The Labute approximate surface area is 359 Å². The van der Waals surface area contributed by atoms with Crippen LogP contribution in [0, 0.1) is 20.4 Å². The van der Waals surface area contributed by atoms with Crippen LogP contribution in [0.25, 0.3) is 4.85 Å². The van der Waals surface area contributed by atoms with E-state index in [1.807, 2.05) is 41.5 Å². The highest BCUT2D eigenvalue weighted by molar-refractivity contribution is 7.89. The Morgan fingerprint density at radius 3 is 1.77 bits per heavy atom. The number of aromatic nitrogens is 4. The Morgan fingerprint density at radius 1 is 0.885 bits per heavy atom. The molecule has 2 aromatic rings. The second kappa shape index (κ2) is 18.5. The molecule has 342 valence electrons. The lowest BCUT2D eigenvalue weighted by atomic mass is 9.93. The molecule has 61 heavy (non-hydrogen) atoms. The topological polar surface area (TPSA) is 233 Å². The number of likely N-dealkylation sites (N-methyl/N-ethyl adjacent to an activating group) is 2. The molecule has 4 fully saturated rings. The summed E-state index contributed by atoms with van der Waals surface area (Å²) in [6, 6.07) is -1.56. The quantitative estimate of drug-likeness (QED) is 0.139. The molecule has 21 nitrogen and oxygen atoms in total. The standard InChI is InChI=1S/C23H39N6O6PS.C14H22N4O5S/c1-10-23-14-37(31,32)27(9)18(21(34-23)28-13-17(6)20(25-8)26-22(28)30)19(23)35-36(33-12-11-24-7)29(15(2)3)16(4)5;1-5-14-7-24(21,22)17(4)9(10(14)19)12(23-14)18-6-8(2)11(15-3)16-13(18)20/h13,15-16,18-19,21H,10-12,14H2,1-6,8-9H3,(H,25,26,30);6,9-10,12,19H,5,7H2,1-4H3,(H,15,16,20)/t18-,19?,21+,23-,36?;9-,10?,12+,14-/m00/s1. The van der Waals surface area contributed by atoms with E-state index >= 15 is 0 Å². The number of anilines is 2. The summed E-state index contributed by atoms with van der Waals surface area (Å²) in [5.41, 5.74) is -2.09. The van der Waals surface area contributed by atoms with Crippen LogP contribution < -0.4 is 22.0 Å². The van der Waals surface area contributed by atoms with Crippen molar-refractivity contribution in [1.29, 1.82) is 0 Å². The molecule has 0 radical (unpaired) electrons. The predicted octanol–water partition coefficient (Wildman–Crippen LogP) is 1.86. The van der Waals surface area contributed by atoms with Crippen LogP contribution in [0.4, 0.5) is 11.6 Å². The highest BCUT2D eigenvalue weighted by atomic mass is 32.2. The fourth-order valence-corrected chi connectivity index (χ4v) is 14.1. The molecule has 0 amide bonds. The van der Waals surface area contributed by atoms with Gasteiger partial charge in [0.05, 0.1) is 23.6 Å². The Bertz CT molecular complexity index is 2300. The molecule has 6 rings (SSSR count). The van der Waals surface area contributed by atoms with Crippen LogP contribution in [-0.2, 0) is 38.6 Å². The molecule has 0 saturated carbocycles. The van der Waals surface area contributed by atoms with Gasteiger partial charge in [0.2, 0.25) is 26.6 Å². The van der Waals surface area contributed by atoms with Crippen LogP contribution in [-0.4, -0.2) is 155 Å². The predicted molar refractivity (Wildman–Crippen MR) is 230 cm³/mol. The molecule has 0 aromatic carbocycles. The van der Waals surface area contributed by atoms with Crippen molar-refractivity contribution < 1.29 is 40.5 Å². The summed E-state index contributed by atoms with van der Waals surface area (Å²) in [7, 11) is -2.71. The fourth-order valence-electron chi connectivity index (χ4n) is 8.63. The van der Waals surface area contributed by atoms with Gasteiger partial charge in [0.15, 0.2) is 12.5 Å². The first kappa shape index (κ1) is 48.9. The van der Waals surface area contributed by atoms with Crippen molar-refractivity contribution in [2.45, 2.75) is 128 Å². The highest BCUT2D eigenvalue weighted by Gasteiger charge is 2.66. The molecule has 4 saturated heterocycles. The molecule has 6 heterocycles. The molecule has 9 atom stereocenters. The van der Waals surface area contributed by atoms with Gasteiger partial charge in [0.1, 0.15) is 41.7 Å². The summed E-state index contributed by atoms with van der Waals surface area (Å²) >= 11 is 0. The average Bonchev–Trinajstić information content (AvgIpc) is 3.58. The molecule has 0 spiro atoms. The van der Waals surface area contributed by atoms with E-state index < -0.39 is 87.9 Å². The van der Waals surface area contributed by atoms with Crippen LogP contribution in [0.2, 0.25) is 0 Å². The summed E-state index contributed by atoms with van der Waals surface area (Å²) < 4.78 is 83.7. The van der Waals surface area contributed by atoms with Gasteiger partial charge >= 0.3 is 11.4 Å². The number of aliphatic hydroxyl groups excluding tert-OH is 1. The number of rotatable bonds is 14. The molecule has 24 heteroatoms. The largest absolute Gasteiger partial charge is 0.388 e. The molecule has 3 unspecified atom stereocenters. The lowest BCUT2D eigenvalue weighted by Crippen LogP contribution is -2.61. The van der Waals surface area contributed by atoms with Crippen LogP contribution >= 0.6 is 8.53 Å². The van der Waals surface area contributed by atoms with E-state index in [2.05, 4.69) is 30.1 Å². The summed E-state index contributed by atoms with van der Waals surface area (Å²) in [6.07, 6.45) is 0.283. The third-order valence-corrected chi connectivity index (χ3v) is 18.0. The number of aryl methyl sites for hydroxylation is 2. The molecule has 4 aliphatic heterocycles. The second-order valence-electron chi connectivity index (χ2n) is 16.3. The van der Waals surface area contributed by atoms with E-state index in [9.17, 15) is 31.5 Å². The van der Waals surface area contributed by atoms with Crippen molar-refractivity contribution in [3.05, 3.63) is 55.9 Å². The monoisotopic (exact) mass is 916 g/mol. The number of hydrogen-bond donors (Lipinski definition) is 3. The maximum Gasteiger partial charge on any atom is 0.351 e. The third kappa shape index (κ3) is 9.00. The minimum absolute atomic E-state index is 0.0691. The first-order valence-electron chi connectivity index (χ1n) is 20.2. The summed E-state index contributed by atoms with van der Waals surface area (Å²) in [5.74, 6) is 0.303. The van der Waals surface area contributed by atoms with Gasteiger partial charge in [-0.3, -0.25) is 9.13 Å². The van der Waals surface area contributed by atoms with Crippen LogP contribution in [0.5, 0.6) is 0 Å². The fraction of sp³-hybridized carbons (Fsp3) is 0.757. The van der Waals surface area contributed by atoms with Crippen LogP contribution in [0.3, 0.4) is 0 Å². The molecular weight excluding hydrogens is 856 g/mol. The number of nitrogens with one attached hydrogen (secondary N) is 2. The Kier molecular flexibility index (Phi) is 14.8. The van der Waals surface area contributed by atoms with Gasteiger partial charge in [0, 0.05) is 63.8 Å². The zero-order chi connectivity index (χ0) is 45.6. The van der Waals surface area contributed by atoms with Crippen molar-refractivity contribution >= 4 is 40.2 Å². The maximum atomic E-state index is 13.2. The Morgan fingerprint density at radius 2 is 1.33 bits per heavy atom. The number of fused-ring (bicyclic) bond motifs is 4. The lowest BCUT2D eigenvalue weighted by molar-refractivity contribution is -0.0904. The highest BCUT2D eigenvalue weighted by Crippen LogP contribution is 2.56. The van der Waals surface area contributed by atoms with Gasteiger partial charge < -0.3 is 39.1 Å². The van der Waals surface area contributed by atoms with Gasteiger partial charge in [0.25, 0.3) is 8.53 Å². The molecule has 3 N–H and O–H groups in total. The van der Waals surface area contributed by atoms with Crippen molar-refractivity contribution in [2.75, 3.05) is 63.5 Å². The van der Waals surface area contributed by atoms with E-state index in [0.29, 0.717) is 30.0 Å². The summed E-state index contributed by atoms with van der Waals surface area (Å²) in [4.78, 5) is 36.9. The number of aliphatic hydroxyl groups is 1. The van der Waals surface area contributed by atoms with E-state index in [1.165, 1.54) is 27.5 Å². The van der Waals surface area contributed by atoms with Gasteiger partial charge in [-0.15, -0.1) is 0 Å². The van der Waals surface area contributed by atoms with E-state index in [-0.39, 0.29) is 36.7 Å². The minimum Gasteiger partial charge on any atom is -0.388 e. The van der Waals surface area contributed by atoms with Gasteiger partial charge in [-0.2, -0.15) is 18.6 Å².